The predicted molar refractivity (Wildman–Crippen MR) is 101 cm³/mol. The fourth-order valence-corrected chi connectivity index (χ4v) is 3.16. The van der Waals surface area contributed by atoms with E-state index < -0.39 is 24.2 Å². The van der Waals surface area contributed by atoms with Gasteiger partial charge in [-0.05, 0) is 18.9 Å². The summed E-state index contributed by atoms with van der Waals surface area (Å²) in [5, 5.41) is 15.2. The minimum atomic E-state index is -4.51. The molecular formula is C18H13ClF3N7O. The van der Waals surface area contributed by atoms with Gasteiger partial charge >= 0.3 is 6.18 Å². The summed E-state index contributed by atoms with van der Waals surface area (Å²) in [6.45, 7) is -1.42. The third kappa shape index (κ3) is 3.86. The molecule has 0 aromatic carbocycles. The number of anilines is 1. The van der Waals surface area contributed by atoms with Crippen LogP contribution in [0.4, 0.5) is 19.1 Å². The molecule has 1 amide bonds. The Labute approximate surface area is 172 Å². The highest BCUT2D eigenvalue weighted by molar-refractivity contribution is 6.31. The molecule has 30 heavy (non-hydrogen) atoms. The Morgan fingerprint density at radius 3 is 2.77 bits per heavy atom. The highest BCUT2D eigenvalue weighted by Crippen LogP contribution is 2.39. The topological polar surface area (TPSA) is 119 Å². The number of alkyl halides is 3. The second-order valence-corrected chi connectivity index (χ2v) is 7.26. The van der Waals surface area contributed by atoms with Gasteiger partial charge in [-0.1, -0.05) is 11.6 Å². The summed E-state index contributed by atoms with van der Waals surface area (Å²) >= 11 is 6.02. The summed E-state index contributed by atoms with van der Waals surface area (Å²) in [7, 11) is 0. The Kier molecular flexibility index (Phi) is 4.74. The summed E-state index contributed by atoms with van der Waals surface area (Å²) in [6.07, 6.45) is 0.534. The number of halogens is 4. The normalized spacial score (nSPS) is 14.9. The fraction of sp³-hybridized carbons (Fsp3) is 0.278. The number of nitrogens with zero attached hydrogens (tertiary/aromatic N) is 4. The van der Waals surface area contributed by atoms with E-state index in [1.54, 1.807) is 12.3 Å². The lowest BCUT2D eigenvalue weighted by Gasteiger charge is -2.18. The summed E-state index contributed by atoms with van der Waals surface area (Å²) in [5.41, 5.74) is 0.330. The van der Waals surface area contributed by atoms with Crippen LogP contribution in [-0.4, -0.2) is 44.1 Å². The number of pyridine rings is 1. The second kappa shape index (κ2) is 7.14. The predicted octanol–water partition coefficient (Wildman–Crippen LogP) is 3.17. The molecule has 4 rings (SSSR count). The van der Waals surface area contributed by atoms with Crippen LogP contribution in [0, 0.1) is 11.3 Å². The molecule has 0 atom stereocenters. The number of carbonyl (C=O) groups excluding carboxylic acids is 1. The molecule has 12 heteroatoms. The highest BCUT2D eigenvalue weighted by atomic mass is 35.5. The largest absolute Gasteiger partial charge is 0.405 e. The van der Waals surface area contributed by atoms with Gasteiger partial charge in [0.25, 0.3) is 0 Å². The van der Waals surface area contributed by atoms with Crippen molar-refractivity contribution in [2.75, 3.05) is 11.9 Å². The minimum absolute atomic E-state index is 0.0213. The van der Waals surface area contributed by atoms with Crippen LogP contribution >= 0.6 is 11.6 Å². The lowest BCUT2D eigenvalue weighted by atomic mass is 10.1. The molecule has 1 fully saturated rings. The third-order valence-corrected chi connectivity index (χ3v) is 4.85. The molecule has 0 radical (unpaired) electrons. The minimum Gasteiger partial charge on any atom is -0.345 e. The van der Waals surface area contributed by atoms with Crippen molar-refractivity contribution in [3.05, 3.63) is 35.2 Å². The van der Waals surface area contributed by atoms with Crippen LogP contribution in [0.5, 0.6) is 0 Å². The zero-order chi connectivity index (χ0) is 21.5. The van der Waals surface area contributed by atoms with Crippen LogP contribution in [0.3, 0.4) is 0 Å². The number of H-pyrrole nitrogens is 1. The van der Waals surface area contributed by atoms with Crippen LogP contribution in [0.15, 0.2) is 24.7 Å². The Hall–Kier alpha value is -3.39. The zero-order valence-electron chi connectivity index (χ0n) is 15.1. The van der Waals surface area contributed by atoms with Gasteiger partial charge in [-0.3, -0.25) is 4.79 Å². The SMILES string of the molecule is N#Cc1cnc(NC2(C(=O)NCC(F)(F)F)CC2)nc1-c1c[nH]c2ncc(Cl)cc12. The molecule has 8 nitrogen and oxygen atoms in total. The summed E-state index contributed by atoms with van der Waals surface area (Å²) in [4.78, 5) is 27.7. The lowest BCUT2D eigenvalue weighted by Crippen LogP contribution is -2.45. The number of fused-ring (bicyclic) bond motifs is 1. The molecule has 3 N–H and O–H groups in total. The second-order valence-electron chi connectivity index (χ2n) is 6.82. The van der Waals surface area contributed by atoms with Crippen molar-refractivity contribution in [2.45, 2.75) is 24.6 Å². The van der Waals surface area contributed by atoms with Crippen LogP contribution in [0.25, 0.3) is 22.3 Å². The van der Waals surface area contributed by atoms with Gasteiger partial charge in [0.05, 0.1) is 22.5 Å². The summed E-state index contributed by atoms with van der Waals surface area (Å²) in [5.74, 6) is -0.759. The molecule has 0 aliphatic heterocycles. The third-order valence-electron chi connectivity index (χ3n) is 4.65. The van der Waals surface area contributed by atoms with Gasteiger partial charge in [0.15, 0.2) is 0 Å². The number of carbonyl (C=O) groups is 1. The maximum Gasteiger partial charge on any atom is 0.405 e. The van der Waals surface area contributed by atoms with Crippen molar-refractivity contribution in [1.29, 1.82) is 5.26 Å². The van der Waals surface area contributed by atoms with Crippen molar-refractivity contribution in [1.82, 2.24) is 25.3 Å². The number of nitrogens with one attached hydrogen (secondary N) is 3. The van der Waals surface area contributed by atoms with Crippen molar-refractivity contribution in [2.24, 2.45) is 0 Å². The van der Waals surface area contributed by atoms with Gasteiger partial charge in [0, 0.05) is 23.3 Å². The van der Waals surface area contributed by atoms with E-state index in [1.807, 2.05) is 11.4 Å². The Morgan fingerprint density at radius 2 is 2.10 bits per heavy atom. The standard InChI is InChI=1S/C18H13ClF3N7O/c19-10-3-11-12(7-25-14(11)24-6-10)13-9(4-23)5-26-16(28-13)29-17(1-2-17)15(30)27-8-18(20,21)22/h3,5-7H,1-2,8H2,(H,24,25)(H,27,30)(H,26,28,29). The average Bonchev–Trinajstić information content (AvgIpc) is 3.36. The average molecular weight is 436 g/mol. The molecule has 0 spiro atoms. The van der Waals surface area contributed by atoms with E-state index in [4.69, 9.17) is 11.6 Å². The molecule has 154 valence electrons. The first-order valence-corrected chi connectivity index (χ1v) is 9.12. The monoisotopic (exact) mass is 435 g/mol. The van der Waals surface area contributed by atoms with E-state index in [1.165, 1.54) is 12.4 Å². The highest BCUT2D eigenvalue weighted by Gasteiger charge is 2.51. The molecule has 1 saturated carbocycles. The Morgan fingerprint density at radius 1 is 1.33 bits per heavy atom. The number of amides is 1. The number of hydrogen-bond acceptors (Lipinski definition) is 6. The maximum atomic E-state index is 12.4. The molecule has 3 heterocycles. The van der Waals surface area contributed by atoms with E-state index in [0.717, 1.165) is 0 Å². The fourth-order valence-electron chi connectivity index (χ4n) is 3.00. The quantitative estimate of drug-likeness (QED) is 0.566. The van der Waals surface area contributed by atoms with Crippen LogP contribution in [0.2, 0.25) is 5.02 Å². The molecule has 3 aromatic heterocycles. The van der Waals surface area contributed by atoms with Crippen LogP contribution in [-0.2, 0) is 4.79 Å². The number of rotatable bonds is 5. The van der Waals surface area contributed by atoms with Gasteiger partial charge in [-0.15, -0.1) is 0 Å². The Bertz CT molecular complexity index is 1180. The first-order chi connectivity index (χ1) is 14.2. The van der Waals surface area contributed by atoms with Crippen molar-refractivity contribution >= 4 is 34.5 Å². The van der Waals surface area contributed by atoms with Crippen molar-refractivity contribution < 1.29 is 18.0 Å². The molecule has 0 unspecified atom stereocenters. The molecular weight excluding hydrogens is 423 g/mol. The molecule has 1 aliphatic rings. The van der Waals surface area contributed by atoms with Gasteiger partial charge < -0.3 is 15.6 Å². The van der Waals surface area contributed by atoms with E-state index in [9.17, 15) is 23.2 Å². The number of aromatic amines is 1. The van der Waals surface area contributed by atoms with Gasteiger partial charge in [0.1, 0.15) is 23.8 Å². The first kappa shape index (κ1) is 19.9. The van der Waals surface area contributed by atoms with Crippen molar-refractivity contribution in [3.63, 3.8) is 0 Å². The van der Waals surface area contributed by atoms with E-state index in [0.29, 0.717) is 34.5 Å². The maximum absolute atomic E-state index is 12.4. The first-order valence-electron chi connectivity index (χ1n) is 8.74. The molecule has 3 aromatic rings. The van der Waals surface area contributed by atoms with E-state index in [2.05, 4.69) is 25.3 Å². The summed E-state index contributed by atoms with van der Waals surface area (Å²) < 4.78 is 37.2. The van der Waals surface area contributed by atoms with Crippen molar-refractivity contribution in [3.8, 4) is 17.3 Å². The molecule has 0 saturated heterocycles. The van der Waals surface area contributed by atoms with Gasteiger partial charge in [0.2, 0.25) is 11.9 Å². The van der Waals surface area contributed by atoms with E-state index in [-0.39, 0.29) is 17.2 Å². The number of hydrogen-bond donors (Lipinski definition) is 3. The number of aromatic nitrogens is 4. The lowest BCUT2D eigenvalue weighted by molar-refractivity contribution is -0.139. The van der Waals surface area contributed by atoms with Crippen LogP contribution < -0.4 is 10.6 Å². The zero-order valence-corrected chi connectivity index (χ0v) is 15.9. The van der Waals surface area contributed by atoms with Gasteiger partial charge in [-0.2, -0.15) is 18.4 Å². The molecule has 1 aliphatic carbocycles. The molecule has 0 bridgehead atoms. The summed E-state index contributed by atoms with van der Waals surface area (Å²) in [6, 6.07) is 3.67. The van der Waals surface area contributed by atoms with Gasteiger partial charge in [-0.25, -0.2) is 15.0 Å². The number of nitriles is 1. The smallest absolute Gasteiger partial charge is 0.345 e. The van der Waals surface area contributed by atoms with Crippen LogP contribution in [0.1, 0.15) is 18.4 Å². The van der Waals surface area contributed by atoms with E-state index >= 15 is 0 Å². The Balaban J connectivity index is 1.65.